The normalized spacial score (nSPS) is 11.6. The second kappa shape index (κ2) is 4.63. The number of halogens is 5. The molecule has 0 aliphatic rings. The molecule has 16 heavy (non-hydrogen) atoms. The molecule has 6 heteroatoms. The Labute approximate surface area is 100 Å². The summed E-state index contributed by atoms with van der Waals surface area (Å²) in [5.74, 6) is -0.385. The number of carbonyl (C=O) groups excluding carboxylic acids is 1. The zero-order valence-electron chi connectivity index (χ0n) is 8.16. The van der Waals surface area contributed by atoms with Crippen molar-refractivity contribution in [3.05, 3.63) is 33.3 Å². The van der Waals surface area contributed by atoms with Crippen LogP contribution in [0.1, 0.15) is 29.3 Å². The Kier molecular flexibility index (Phi) is 3.86. The second-order valence-electron chi connectivity index (χ2n) is 3.09. The quantitative estimate of drug-likeness (QED) is 0.718. The minimum atomic E-state index is -4.53. The largest absolute Gasteiger partial charge is 0.416 e. The van der Waals surface area contributed by atoms with Crippen molar-refractivity contribution in [3.8, 4) is 0 Å². The molecule has 0 unspecified atom stereocenters. The Morgan fingerprint density at radius 2 is 1.69 bits per heavy atom. The van der Waals surface area contributed by atoms with Crippen molar-refractivity contribution < 1.29 is 18.0 Å². The highest BCUT2D eigenvalue weighted by atomic mass is 35.5. The van der Waals surface area contributed by atoms with Crippen LogP contribution in [-0.2, 0) is 6.18 Å². The molecule has 0 N–H and O–H groups in total. The number of carbonyl (C=O) groups is 1. The van der Waals surface area contributed by atoms with Gasteiger partial charge in [-0.15, -0.1) is 0 Å². The summed E-state index contributed by atoms with van der Waals surface area (Å²) in [6.45, 7) is 1.58. The van der Waals surface area contributed by atoms with E-state index < -0.39 is 11.7 Å². The van der Waals surface area contributed by atoms with E-state index in [0.717, 1.165) is 0 Å². The van der Waals surface area contributed by atoms with Crippen LogP contribution in [0.25, 0.3) is 0 Å². The van der Waals surface area contributed by atoms with Crippen molar-refractivity contribution >= 4 is 29.0 Å². The lowest BCUT2D eigenvalue weighted by molar-refractivity contribution is -0.137. The Morgan fingerprint density at radius 3 is 2.00 bits per heavy atom. The lowest BCUT2D eigenvalue weighted by Crippen LogP contribution is -2.07. The molecule has 88 valence electrons. The summed E-state index contributed by atoms with van der Waals surface area (Å²) in [5.41, 5.74) is -1.02. The molecule has 1 rings (SSSR count). The maximum Gasteiger partial charge on any atom is 0.416 e. The van der Waals surface area contributed by atoms with E-state index in [1.165, 1.54) is 0 Å². The molecule has 0 saturated heterocycles. The molecule has 1 nitrogen and oxygen atoms in total. The van der Waals surface area contributed by atoms with Gasteiger partial charge in [0.2, 0.25) is 0 Å². The number of ketones is 1. The zero-order valence-corrected chi connectivity index (χ0v) is 9.67. The van der Waals surface area contributed by atoms with Crippen LogP contribution >= 0.6 is 23.2 Å². The maximum absolute atomic E-state index is 12.4. The highest BCUT2D eigenvalue weighted by Gasteiger charge is 2.32. The van der Waals surface area contributed by atoms with Crippen LogP contribution in [0, 0.1) is 0 Å². The number of alkyl halides is 3. The fraction of sp³-hybridized carbons (Fsp3) is 0.300. The summed E-state index contributed by atoms with van der Waals surface area (Å²) < 4.78 is 37.1. The van der Waals surface area contributed by atoms with E-state index >= 15 is 0 Å². The lowest BCUT2D eigenvalue weighted by atomic mass is 10.1. The smallest absolute Gasteiger partial charge is 0.294 e. The maximum atomic E-state index is 12.4. The van der Waals surface area contributed by atoms with E-state index in [9.17, 15) is 18.0 Å². The molecule has 0 fully saturated rings. The minimum absolute atomic E-state index is 0.0566. The van der Waals surface area contributed by atoms with Gasteiger partial charge in [-0.2, -0.15) is 13.2 Å². The van der Waals surface area contributed by atoms with E-state index in [1.54, 1.807) is 6.92 Å². The summed E-state index contributed by atoms with van der Waals surface area (Å²) in [5, 5.41) is -0.543. The molecule has 0 aliphatic heterocycles. The van der Waals surface area contributed by atoms with E-state index in [0.29, 0.717) is 12.1 Å². The molecule has 1 aromatic carbocycles. The van der Waals surface area contributed by atoms with Gasteiger partial charge in [-0.1, -0.05) is 30.1 Å². The van der Waals surface area contributed by atoms with Gasteiger partial charge in [-0.3, -0.25) is 4.79 Å². The van der Waals surface area contributed by atoms with Gasteiger partial charge in [0.25, 0.3) is 0 Å². The van der Waals surface area contributed by atoms with Crippen LogP contribution in [0.4, 0.5) is 13.2 Å². The SMILES string of the molecule is CCC(=O)c1c(Cl)cc(C(F)(F)F)cc1Cl. The fourth-order valence-corrected chi connectivity index (χ4v) is 1.88. The van der Waals surface area contributed by atoms with E-state index in [1.807, 2.05) is 0 Å². The van der Waals surface area contributed by atoms with Crippen molar-refractivity contribution in [3.63, 3.8) is 0 Å². The fourth-order valence-electron chi connectivity index (χ4n) is 1.18. The van der Waals surface area contributed by atoms with Crippen LogP contribution in [0.15, 0.2) is 12.1 Å². The van der Waals surface area contributed by atoms with E-state index in [-0.39, 0.29) is 27.8 Å². The molecule has 0 heterocycles. The first kappa shape index (κ1) is 13.3. The standard InChI is InChI=1S/C10H7Cl2F3O/c1-2-8(16)9-6(11)3-5(4-7(9)12)10(13,14)15/h3-4H,2H2,1H3. The molecule has 0 saturated carbocycles. The van der Waals surface area contributed by atoms with Crippen LogP contribution < -0.4 is 0 Å². The Hall–Kier alpha value is -0.740. The topological polar surface area (TPSA) is 17.1 Å². The number of rotatable bonds is 2. The van der Waals surface area contributed by atoms with Gasteiger partial charge in [0.05, 0.1) is 21.2 Å². The van der Waals surface area contributed by atoms with E-state index in [2.05, 4.69) is 0 Å². The van der Waals surface area contributed by atoms with Crippen molar-refractivity contribution in [2.75, 3.05) is 0 Å². The van der Waals surface area contributed by atoms with Gasteiger partial charge in [-0.25, -0.2) is 0 Å². The third kappa shape index (κ3) is 2.68. The molecule has 0 bridgehead atoms. The molecule has 1 aromatic rings. The summed E-state index contributed by atoms with van der Waals surface area (Å²) >= 11 is 11.2. The third-order valence-corrected chi connectivity index (χ3v) is 2.57. The number of benzene rings is 1. The van der Waals surface area contributed by atoms with Gasteiger partial charge in [-0.05, 0) is 12.1 Å². The minimum Gasteiger partial charge on any atom is -0.294 e. The van der Waals surface area contributed by atoms with Crippen molar-refractivity contribution in [2.45, 2.75) is 19.5 Å². The first-order valence-corrected chi connectivity index (χ1v) is 5.12. The predicted molar refractivity (Wildman–Crippen MR) is 56.1 cm³/mol. The molecule has 0 aromatic heterocycles. The number of Topliss-reactive ketones (excluding diaryl/α,β-unsaturated/α-hetero) is 1. The first-order chi connectivity index (χ1) is 7.27. The Morgan fingerprint density at radius 1 is 1.25 bits per heavy atom. The first-order valence-electron chi connectivity index (χ1n) is 4.36. The van der Waals surface area contributed by atoms with Crippen LogP contribution in [0.2, 0.25) is 10.0 Å². The summed E-state index contributed by atoms with van der Waals surface area (Å²) in [4.78, 5) is 11.4. The average Bonchev–Trinajstić information content (AvgIpc) is 2.14. The summed E-state index contributed by atoms with van der Waals surface area (Å²) in [6, 6.07) is 1.41. The highest BCUT2D eigenvalue weighted by Crippen LogP contribution is 2.36. The van der Waals surface area contributed by atoms with Crippen molar-refractivity contribution in [1.82, 2.24) is 0 Å². The molecular weight excluding hydrogens is 264 g/mol. The van der Waals surface area contributed by atoms with Crippen molar-refractivity contribution in [1.29, 1.82) is 0 Å². The van der Waals surface area contributed by atoms with Crippen LogP contribution in [-0.4, -0.2) is 5.78 Å². The molecule has 0 radical (unpaired) electrons. The van der Waals surface area contributed by atoms with Gasteiger partial charge in [0, 0.05) is 6.42 Å². The van der Waals surface area contributed by atoms with E-state index in [4.69, 9.17) is 23.2 Å². The van der Waals surface area contributed by atoms with Crippen LogP contribution in [0.3, 0.4) is 0 Å². The molecular formula is C10H7Cl2F3O. The van der Waals surface area contributed by atoms with Gasteiger partial charge in [0.1, 0.15) is 0 Å². The Balaban J connectivity index is 3.34. The number of hydrogen-bond donors (Lipinski definition) is 0. The average molecular weight is 271 g/mol. The van der Waals surface area contributed by atoms with Gasteiger partial charge >= 0.3 is 6.18 Å². The molecule has 0 aliphatic carbocycles. The van der Waals surface area contributed by atoms with Gasteiger partial charge < -0.3 is 0 Å². The van der Waals surface area contributed by atoms with Crippen LogP contribution in [0.5, 0.6) is 0 Å². The lowest BCUT2D eigenvalue weighted by Gasteiger charge is -2.10. The summed E-state index contributed by atoms with van der Waals surface area (Å²) in [7, 11) is 0. The summed E-state index contributed by atoms with van der Waals surface area (Å²) in [6.07, 6.45) is -4.40. The van der Waals surface area contributed by atoms with Gasteiger partial charge in [0.15, 0.2) is 5.78 Å². The van der Waals surface area contributed by atoms with Crippen molar-refractivity contribution in [2.24, 2.45) is 0 Å². The number of hydrogen-bond acceptors (Lipinski definition) is 1. The molecule has 0 amide bonds. The molecule has 0 atom stereocenters. The second-order valence-corrected chi connectivity index (χ2v) is 3.90. The predicted octanol–water partition coefficient (Wildman–Crippen LogP) is 4.60. The third-order valence-electron chi connectivity index (χ3n) is 1.97. The Bertz CT molecular complexity index is 404. The zero-order chi connectivity index (χ0) is 12.5. The monoisotopic (exact) mass is 270 g/mol. The highest BCUT2D eigenvalue weighted by molar-refractivity contribution is 6.39. The molecule has 0 spiro atoms.